The van der Waals surface area contributed by atoms with E-state index in [-0.39, 0.29) is 0 Å². The van der Waals surface area contributed by atoms with E-state index in [1.807, 2.05) is 30.6 Å². The summed E-state index contributed by atoms with van der Waals surface area (Å²) >= 11 is 0. The fourth-order valence-corrected chi connectivity index (χ4v) is 3.48. The predicted octanol–water partition coefficient (Wildman–Crippen LogP) is 2.20. The zero-order valence-electron chi connectivity index (χ0n) is 13.3. The highest BCUT2D eigenvalue weighted by molar-refractivity contribution is 5.91. The molecular weight excluding hydrogens is 302 g/mol. The summed E-state index contributed by atoms with van der Waals surface area (Å²) in [7, 11) is 0. The average molecular weight is 321 g/mol. The van der Waals surface area contributed by atoms with Gasteiger partial charge < -0.3 is 15.2 Å². The maximum absolute atomic E-state index is 11.4. The number of hydrogen-bond acceptors (Lipinski definition) is 4. The summed E-state index contributed by atoms with van der Waals surface area (Å²) in [4.78, 5) is 22.2. The van der Waals surface area contributed by atoms with Gasteiger partial charge in [-0.1, -0.05) is 12.1 Å². The third kappa shape index (κ3) is 2.60. The fourth-order valence-electron chi connectivity index (χ4n) is 3.48. The number of rotatable bonds is 4. The van der Waals surface area contributed by atoms with Gasteiger partial charge in [-0.3, -0.25) is 9.78 Å². The van der Waals surface area contributed by atoms with Crippen molar-refractivity contribution in [3.8, 4) is 0 Å². The molecule has 2 N–H and O–H groups in total. The lowest BCUT2D eigenvalue weighted by Crippen LogP contribution is -2.33. The Bertz CT molecular complexity index is 888. The molecule has 1 aliphatic rings. The third-order valence-electron chi connectivity index (χ3n) is 4.64. The Balaban J connectivity index is 1.61. The van der Waals surface area contributed by atoms with Crippen LogP contribution in [0.2, 0.25) is 0 Å². The van der Waals surface area contributed by atoms with Crippen molar-refractivity contribution in [1.82, 2.24) is 14.5 Å². The summed E-state index contributed by atoms with van der Waals surface area (Å²) in [6.07, 6.45) is 5.80. The number of hydrogen-bond donors (Lipinski definition) is 1. The molecule has 2 aromatic heterocycles. The molecule has 1 aromatic carbocycles. The lowest BCUT2D eigenvalue weighted by atomic mass is 10.2. The molecule has 3 aromatic rings. The highest BCUT2D eigenvalue weighted by Gasteiger charge is 2.26. The van der Waals surface area contributed by atoms with Crippen LogP contribution < -0.4 is 10.6 Å². The number of carbonyl (C=O) groups is 1. The SMILES string of the molecule is NC(=O)c1cc(N2CCCC2Cn2cnc3ccccc32)ccn1. The number of nitrogens with zero attached hydrogens (tertiary/aromatic N) is 4. The minimum absolute atomic E-state index is 0.311. The summed E-state index contributed by atoms with van der Waals surface area (Å²) < 4.78 is 2.20. The number of imidazole rings is 1. The second kappa shape index (κ2) is 5.96. The van der Waals surface area contributed by atoms with E-state index in [4.69, 9.17) is 5.73 Å². The van der Waals surface area contributed by atoms with Crippen LogP contribution in [0.4, 0.5) is 5.69 Å². The predicted molar refractivity (Wildman–Crippen MR) is 92.9 cm³/mol. The maximum Gasteiger partial charge on any atom is 0.267 e. The molecule has 0 aliphatic carbocycles. The molecule has 4 rings (SSSR count). The molecule has 0 bridgehead atoms. The molecule has 1 saturated heterocycles. The van der Waals surface area contributed by atoms with Crippen LogP contribution in [0, 0.1) is 0 Å². The van der Waals surface area contributed by atoms with E-state index in [2.05, 4.69) is 25.5 Å². The van der Waals surface area contributed by atoms with Gasteiger partial charge in [0.15, 0.2) is 0 Å². The summed E-state index contributed by atoms with van der Waals surface area (Å²) in [5.41, 5.74) is 8.84. The number of benzene rings is 1. The first-order chi connectivity index (χ1) is 11.7. The average Bonchev–Trinajstić information content (AvgIpc) is 3.23. The van der Waals surface area contributed by atoms with Crippen molar-refractivity contribution in [3.63, 3.8) is 0 Å². The lowest BCUT2D eigenvalue weighted by molar-refractivity contribution is 0.0995. The Morgan fingerprint density at radius 3 is 3.00 bits per heavy atom. The first-order valence-corrected chi connectivity index (χ1v) is 8.15. The number of primary amides is 1. The molecule has 1 fully saturated rings. The van der Waals surface area contributed by atoms with Gasteiger partial charge in [-0.25, -0.2) is 4.98 Å². The number of pyridine rings is 1. The van der Waals surface area contributed by atoms with Gasteiger partial charge >= 0.3 is 0 Å². The van der Waals surface area contributed by atoms with Crippen LogP contribution >= 0.6 is 0 Å². The molecule has 1 amide bonds. The Morgan fingerprint density at radius 2 is 2.12 bits per heavy atom. The minimum atomic E-state index is -0.492. The Morgan fingerprint density at radius 1 is 1.25 bits per heavy atom. The number of nitrogens with two attached hydrogens (primary N) is 1. The number of carbonyl (C=O) groups excluding carboxylic acids is 1. The van der Waals surface area contributed by atoms with Gasteiger partial charge in [-0.2, -0.15) is 0 Å². The topological polar surface area (TPSA) is 77.0 Å². The van der Waals surface area contributed by atoms with Crippen LogP contribution in [0.25, 0.3) is 11.0 Å². The van der Waals surface area contributed by atoms with Crippen molar-refractivity contribution in [2.24, 2.45) is 5.73 Å². The molecule has 3 heterocycles. The van der Waals surface area contributed by atoms with Crippen LogP contribution in [0.3, 0.4) is 0 Å². The molecule has 1 aliphatic heterocycles. The van der Waals surface area contributed by atoms with E-state index in [0.717, 1.165) is 42.7 Å². The number of anilines is 1. The molecule has 1 unspecified atom stereocenters. The van der Waals surface area contributed by atoms with Crippen LogP contribution in [-0.4, -0.2) is 33.0 Å². The summed E-state index contributed by atoms with van der Waals surface area (Å²) in [5.74, 6) is -0.492. The second-order valence-corrected chi connectivity index (χ2v) is 6.14. The van der Waals surface area contributed by atoms with E-state index in [0.29, 0.717) is 11.7 Å². The summed E-state index contributed by atoms with van der Waals surface area (Å²) in [6.45, 7) is 1.84. The Kier molecular flexibility index (Phi) is 3.65. The largest absolute Gasteiger partial charge is 0.367 e. The highest BCUT2D eigenvalue weighted by atomic mass is 16.1. The third-order valence-corrected chi connectivity index (χ3v) is 4.64. The summed E-state index contributed by atoms with van der Waals surface area (Å²) in [5, 5.41) is 0. The second-order valence-electron chi connectivity index (χ2n) is 6.14. The van der Waals surface area contributed by atoms with Crippen molar-refractivity contribution in [1.29, 1.82) is 0 Å². The van der Waals surface area contributed by atoms with E-state index in [9.17, 15) is 4.79 Å². The van der Waals surface area contributed by atoms with Crippen molar-refractivity contribution in [3.05, 3.63) is 54.6 Å². The van der Waals surface area contributed by atoms with E-state index in [1.165, 1.54) is 0 Å². The molecule has 1 atom stereocenters. The van der Waals surface area contributed by atoms with Crippen molar-refractivity contribution >= 4 is 22.6 Å². The zero-order valence-corrected chi connectivity index (χ0v) is 13.3. The monoisotopic (exact) mass is 321 g/mol. The Hall–Kier alpha value is -2.89. The normalized spacial score (nSPS) is 17.5. The molecule has 6 nitrogen and oxygen atoms in total. The van der Waals surface area contributed by atoms with Gasteiger partial charge in [0.25, 0.3) is 5.91 Å². The standard InChI is InChI=1S/C18H19N5O/c19-18(24)16-10-13(7-8-20-16)23-9-3-4-14(23)11-22-12-21-15-5-1-2-6-17(15)22/h1-2,5-8,10,12,14H,3-4,9,11H2,(H2,19,24). The van der Waals surface area contributed by atoms with Crippen molar-refractivity contribution in [2.45, 2.75) is 25.4 Å². The first-order valence-electron chi connectivity index (χ1n) is 8.15. The maximum atomic E-state index is 11.4. The van der Waals surface area contributed by atoms with Gasteiger partial charge in [0.1, 0.15) is 5.69 Å². The fraction of sp³-hybridized carbons (Fsp3) is 0.278. The lowest BCUT2D eigenvalue weighted by Gasteiger charge is -2.27. The Labute approximate surface area is 139 Å². The van der Waals surface area contributed by atoms with Gasteiger partial charge in [0, 0.05) is 31.0 Å². The molecule has 0 spiro atoms. The number of para-hydroxylation sites is 2. The van der Waals surface area contributed by atoms with Gasteiger partial charge in [-0.05, 0) is 37.1 Å². The molecule has 122 valence electrons. The van der Waals surface area contributed by atoms with Crippen molar-refractivity contribution < 1.29 is 4.79 Å². The van der Waals surface area contributed by atoms with E-state index in [1.54, 1.807) is 12.3 Å². The van der Waals surface area contributed by atoms with Gasteiger partial charge in [0.2, 0.25) is 0 Å². The van der Waals surface area contributed by atoms with Crippen molar-refractivity contribution in [2.75, 3.05) is 11.4 Å². The van der Waals surface area contributed by atoms with Crippen LogP contribution in [0.5, 0.6) is 0 Å². The number of fused-ring (bicyclic) bond motifs is 1. The van der Waals surface area contributed by atoms with Crippen LogP contribution in [-0.2, 0) is 6.54 Å². The molecule has 0 radical (unpaired) electrons. The summed E-state index contributed by atoms with van der Waals surface area (Å²) in [6, 6.07) is 12.3. The molecule has 0 saturated carbocycles. The molecular formula is C18H19N5O. The molecule has 6 heteroatoms. The van der Waals surface area contributed by atoms with Gasteiger partial charge in [-0.15, -0.1) is 0 Å². The smallest absolute Gasteiger partial charge is 0.267 e. The number of amides is 1. The van der Waals surface area contributed by atoms with E-state index >= 15 is 0 Å². The van der Waals surface area contributed by atoms with E-state index < -0.39 is 5.91 Å². The molecule has 24 heavy (non-hydrogen) atoms. The van der Waals surface area contributed by atoms with Crippen LogP contribution in [0.1, 0.15) is 23.3 Å². The first kappa shape index (κ1) is 14.7. The number of aromatic nitrogens is 3. The quantitative estimate of drug-likeness (QED) is 0.799. The highest BCUT2D eigenvalue weighted by Crippen LogP contribution is 2.27. The minimum Gasteiger partial charge on any atom is -0.367 e. The van der Waals surface area contributed by atoms with Crippen LogP contribution in [0.15, 0.2) is 48.9 Å². The van der Waals surface area contributed by atoms with Gasteiger partial charge in [0.05, 0.1) is 17.4 Å². The zero-order chi connectivity index (χ0) is 16.5.